The molecule has 3 aromatic carbocycles. The van der Waals surface area contributed by atoms with Crippen LogP contribution in [0.25, 0.3) is 0 Å². The first-order valence-corrected chi connectivity index (χ1v) is 12.0. The van der Waals surface area contributed by atoms with Gasteiger partial charge in [-0.3, -0.25) is 15.0 Å². The molecule has 1 unspecified atom stereocenters. The molecule has 3 aromatic rings. The third-order valence-electron chi connectivity index (χ3n) is 6.40. The van der Waals surface area contributed by atoms with Crippen LogP contribution in [0, 0.1) is 11.2 Å². The Bertz CT molecular complexity index is 1430. The zero-order valence-electron chi connectivity index (χ0n) is 21.4. The summed E-state index contributed by atoms with van der Waals surface area (Å²) in [6.45, 7) is 0.377. The fourth-order valence-corrected chi connectivity index (χ4v) is 4.29. The van der Waals surface area contributed by atoms with E-state index in [9.17, 15) is 18.8 Å². The highest BCUT2D eigenvalue weighted by Crippen LogP contribution is 2.27. The zero-order chi connectivity index (χ0) is 28.1. The molecule has 0 bridgehead atoms. The van der Waals surface area contributed by atoms with E-state index < -0.39 is 29.8 Å². The average molecular weight is 534 g/mol. The van der Waals surface area contributed by atoms with Crippen LogP contribution >= 0.6 is 0 Å². The van der Waals surface area contributed by atoms with Crippen LogP contribution in [0.5, 0.6) is 0 Å². The van der Waals surface area contributed by atoms with Crippen molar-refractivity contribution in [2.45, 2.75) is 25.9 Å². The van der Waals surface area contributed by atoms with Crippen LogP contribution in [0.3, 0.4) is 0 Å². The number of hydrogen-bond acceptors (Lipinski definition) is 7. The van der Waals surface area contributed by atoms with Gasteiger partial charge in [0.2, 0.25) is 6.23 Å². The topological polar surface area (TPSA) is 147 Å². The van der Waals surface area contributed by atoms with E-state index in [2.05, 4.69) is 10.6 Å². The molecule has 11 heteroatoms. The molecule has 0 spiro atoms. The molecule has 0 aliphatic carbocycles. The Morgan fingerprint density at radius 1 is 1.08 bits per heavy atom. The smallest absolute Gasteiger partial charge is 0.337 e. The minimum absolute atomic E-state index is 0.0732. The minimum Gasteiger partial charge on any atom is -0.465 e. The summed E-state index contributed by atoms with van der Waals surface area (Å²) in [5.74, 6) is -2.12. The van der Waals surface area contributed by atoms with Gasteiger partial charge in [-0.25, -0.2) is 9.18 Å². The van der Waals surface area contributed by atoms with Crippen molar-refractivity contribution in [1.29, 1.82) is 5.41 Å². The molecule has 0 saturated carbocycles. The Balaban J connectivity index is 1.46. The number of nitrogens with two attached hydrogens (primary N) is 1. The van der Waals surface area contributed by atoms with E-state index in [0.717, 1.165) is 5.56 Å². The van der Waals surface area contributed by atoms with Gasteiger partial charge in [-0.1, -0.05) is 30.3 Å². The van der Waals surface area contributed by atoms with E-state index in [1.54, 1.807) is 42.5 Å². The van der Waals surface area contributed by atoms with Crippen molar-refractivity contribution < 1.29 is 28.2 Å². The molecule has 1 aliphatic heterocycles. The van der Waals surface area contributed by atoms with Crippen molar-refractivity contribution in [3.63, 3.8) is 0 Å². The number of amidine groups is 1. The lowest BCUT2D eigenvalue weighted by Gasteiger charge is -2.25. The number of carbonyl (C=O) groups excluding carboxylic acids is 3. The number of esters is 1. The van der Waals surface area contributed by atoms with Crippen molar-refractivity contribution in [2.24, 2.45) is 5.73 Å². The second-order valence-electron chi connectivity index (χ2n) is 8.83. The second-order valence-corrected chi connectivity index (χ2v) is 8.83. The van der Waals surface area contributed by atoms with Crippen LogP contribution in [-0.2, 0) is 33.9 Å². The Morgan fingerprint density at radius 3 is 2.44 bits per heavy atom. The summed E-state index contributed by atoms with van der Waals surface area (Å²) < 4.78 is 24.2. The molecule has 0 aromatic heterocycles. The van der Waals surface area contributed by atoms with Crippen LogP contribution in [0.15, 0.2) is 60.7 Å². The van der Waals surface area contributed by atoms with Crippen LogP contribution < -0.4 is 16.4 Å². The molecule has 4 rings (SSSR count). The van der Waals surface area contributed by atoms with E-state index in [1.807, 2.05) is 0 Å². The van der Waals surface area contributed by atoms with Gasteiger partial charge >= 0.3 is 5.97 Å². The molecular formula is C28H28FN5O5. The molecule has 39 heavy (non-hydrogen) atoms. The normalized spacial score (nSPS) is 13.0. The minimum atomic E-state index is -1.26. The maximum atomic E-state index is 14.2. The molecule has 202 valence electrons. The van der Waals surface area contributed by atoms with Crippen LogP contribution in [-0.4, -0.2) is 49.0 Å². The lowest BCUT2D eigenvalue weighted by atomic mass is 10.1. The van der Waals surface area contributed by atoms with Crippen LogP contribution in [0.4, 0.5) is 10.1 Å². The first-order chi connectivity index (χ1) is 18.7. The molecule has 2 amide bonds. The first kappa shape index (κ1) is 27.3. The fraction of sp³-hybridized carbons (Fsp3) is 0.214. The summed E-state index contributed by atoms with van der Waals surface area (Å²) in [6.07, 6.45) is -1.26. The second kappa shape index (κ2) is 11.7. The number of halogens is 1. The summed E-state index contributed by atoms with van der Waals surface area (Å²) >= 11 is 0. The van der Waals surface area contributed by atoms with E-state index in [1.165, 1.54) is 37.3 Å². The van der Waals surface area contributed by atoms with E-state index in [-0.39, 0.29) is 30.1 Å². The van der Waals surface area contributed by atoms with Crippen molar-refractivity contribution >= 4 is 29.3 Å². The maximum absolute atomic E-state index is 14.2. The van der Waals surface area contributed by atoms with Gasteiger partial charge in [0.1, 0.15) is 11.7 Å². The van der Waals surface area contributed by atoms with Crippen LogP contribution in [0.1, 0.15) is 43.0 Å². The number of nitrogens with zero attached hydrogens (tertiary/aromatic N) is 1. The molecule has 1 aliphatic rings. The van der Waals surface area contributed by atoms with Crippen molar-refractivity contribution in [2.75, 3.05) is 19.5 Å². The Kier molecular flexibility index (Phi) is 8.21. The fourth-order valence-electron chi connectivity index (χ4n) is 4.29. The van der Waals surface area contributed by atoms with Crippen molar-refractivity contribution in [3.05, 3.63) is 99.9 Å². The summed E-state index contributed by atoms with van der Waals surface area (Å²) in [5.41, 5.74) is 9.22. The number of ether oxygens (including phenoxy) is 2. The number of amides is 2. The number of anilines is 1. The van der Waals surface area contributed by atoms with Gasteiger partial charge in [0.15, 0.2) is 0 Å². The Morgan fingerprint density at radius 2 is 1.79 bits per heavy atom. The van der Waals surface area contributed by atoms with E-state index in [0.29, 0.717) is 28.9 Å². The van der Waals surface area contributed by atoms with Crippen LogP contribution in [0.2, 0.25) is 0 Å². The summed E-state index contributed by atoms with van der Waals surface area (Å²) in [5, 5.41) is 13.8. The quantitative estimate of drug-likeness (QED) is 0.178. The number of hydrogen-bond donors (Lipinski definition) is 4. The average Bonchev–Trinajstić information content (AvgIpc) is 3.28. The predicted octanol–water partition coefficient (Wildman–Crippen LogP) is 2.75. The monoisotopic (exact) mass is 533 g/mol. The molecule has 5 N–H and O–H groups in total. The molecular weight excluding hydrogens is 505 g/mol. The van der Waals surface area contributed by atoms with Gasteiger partial charge < -0.3 is 30.7 Å². The summed E-state index contributed by atoms with van der Waals surface area (Å²) in [4.78, 5) is 38.7. The molecule has 10 nitrogen and oxygen atoms in total. The Labute approximate surface area is 224 Å². The van der Waals surface area contributed by atoms with Gasteiger partial charge in [-0.05, 0) is 41.5 Å². The first-order valence-electron chi connectivity index (χ1n) is 12.0. The number of nitrogens with one attached hydrogen (secondary N) is 3. The number of fused-ring (bicyclic) bond motifs is 1. The van der Waals surface area contributed by atoms with Gasteiger partial charge in [0.25, 0.3) is 11.8 Å². The number of methoxy groups -OCH3 is 2. The standard InChI is InChI=1S/C28H28FN5O5/c1-38-27(34-15-21-20(26(34)36)4-3-5-22(21)29)25(35)33-14-19-11-10-18(24(30)31)12-23(19)32-13-16-6-8-17(9-7-16)28(37)39-2/h3-12,27,32H,13-15H2,1-2H3,(H3,30,31)(H,33,35). The highest BCUT2D eigenvalue weighted by Gasteiger charge is 2.37. The van der Waals surface area contributed by atoms with Gasteiger partial charge in [0.05, 0.1) is 19.2 Å². The number of benzene rings is 3. The van der Waals surface area contributed by atoms with Gasteiger partial charge in [-0.2, -0.15) is 0 Å². The molecule has 1 heterocycles. The summed E-state index contributed by atoms with van der Waals surface area (Å²) in [6, 6.07) is 16.2. The highest BCUT2D eigenvalue weighted by atomic mass is 19.1. The number of nitrogen functional groups attached to an aromatic ring is 1. The zero-order valence-corrected chi connectivity index (χ0v) is 21.4. The predicted molar refractivity (Wildman–Crippen MR) is 141 cm³/mol. The third-order valence-corrected chi connectivity index (χ3v) is 6.40. The SMILES string of the molecule is COC(=O)c1ccc(CNc2cc(C(=N)N)ccc2CNC(=O)C(OC)N2Cc3c(F)cccc3C2=O)cc1. The molecule has 0 fully saturated rings. The van der Waals surface area contributed by atoms with Crippen molar-refractivity contribution in [1.82, 2.24) is 10.2 Å². The molecule has 1 atom stereocenters. The Hall–Kier alpha value is -4.77. The largest absolute Gasteiger partial charge is 0.465 e. The van der Waals surface area contributed by atoms with Crippen molar-refractivity contribution in [3.8, 4) is 0 Å². The number of carbonyl (C=O) groups is 3. The van der Waals surface area contributed by atoms with Gasteiger partial charge in [0, 0.05) is 42.6 Å². The number of rotatable bonds is 10. The molecule has 0 radical (unpaired) electrons. The lowest BCUT2D eigenvalue weighted by molar-refractivity contribution is -0.140. The lowest BCUT2D eigenvalue weighted by Crippen LogP contribution is -2.48. The highest BCUT2D eigenvalue weighted by molar-refractivity contribution is 6.01. The maximum Gasteiger partial charge on any atom is 0.337 e. The molecule has 0 saturated heterocycles. The van der Waals surface area contributed by atoms with Gasteiger partial charge in [-0.15, -0.1) is 0 Å². The summed E-state index contributed by atoms with van der Waals surface area (Å²) in [7, 11) is 2.62. The van der Waals surface area contributed by atoms with E-state index in [4.69, 9.17) is 20.6 Å². The van der Waals surface area contributed by atoms with E-state index >= 15 is 0 Å². The third kappa shape index (κ3) is 5.88.